The third kappa shape index (κ3) is 1.43. The Labute approximate surface area is 113 Å². The van der Waals surface area contributed by atoms with E-state index < -0.39 is 24.5 Å². The summed E-state index contributed by atoms with van der Waals surface area (Å²) in [5.41, 5.74) is 1.88. The van der Waals surface area contributed by atoms with E-state index in [1.807, 2.05) is 0 Å². The molecular weight excluding hydrogens is 262 g/mol. The van der Waals surface area contributed by atoms with Gasteiger partial charge in [0.05, 0.1) is 12.4 Å². The fourth-order valence-corrected chi connectivity index (χ4v) is 2.59. The molecule has 8 heteroatoms. The number of rotatable bonds is 1. The molecule has 0 spiro atoms. The van der Waals surface area contributed by atoms with Crippen molar-refractivity contribution in [3.63, 3.8) is 0 Å². The molecule has 4 atom stereocenters. The monoisotopic (exact) mass is 275 g/mol. The molecule has 3 aromatic heterocycles. The zero-order valence-electron chi connectivity index (χ0n) is 10.7. The van der Waals surface area contributed by atoms with Gasteiger partial charge in [-0.1, -0.05) is 0 Å². The van der Waals surface area contributed by atoms with Crippen LogP contribution in [0.4, 0.5) is 0 Å². The van der Waals surface area contributed by atoms with Gasteiger partial charge >= 0.3 is 0 Å². The van der Waals surface area contributed by atoms with Crippen molar-refractivity contribution in [3.05, 3.63) is 25.0 Å². The van der Waals surface area contributed by atoms with Crippen LogP contribution in [0.15, 0.2) is 25.0 Å². The lowest BCUT2D eigenvalue weighted by Crippen LogP contribution is -2.30. The Morgan fingerprint density at radius 2 is 1.95 bits per heavy atom. The van der Waals surface area contributed by atoms with Crippen molar-refractivity contribution < 1.29 is 14.9 Å². The molecule has 20 heavy (non-hydrogen) atoms. The van der Waals surface area contributed by atoms with E-state index in [4.69, 9.17) is 4.74 Å². The largest absolute Gasteiger partial charge is 0.388 e. The summed E-state index contributed by atoms with van der Waals surface area (Å²) in [7, 11) is 0. The Bertz CT molecular complexity index is 782. The van der Waals surface area contributed by atoms with Crippen molar-refractivity contribution in [1.29, 1.82) is 0 Å². The number of fused-ring (bicyclic) bond motifs is 3. The minimum absolute atomic E-state index is 0.442. The molecule has 104 valence electrons. The molecule has 0 amide bonds. The first kappa shape index (κ1) is 11.8. The molecule has 0 bridgehead atoms. The fraction of sp³-hybridized carbons (Fsp3) is 0.417. The van der Waals surface area contributed by atoms with Crippen LogP contribution >= 0.6 is 0 Å². The maximum atomic E-state index is 10.1. The van der Waals surface area contributed by atoms with Gasteiger partial charge in [0.15, 0.2) is 23.0 Å². The SMILES string of the molecule is CC1OC(n2cnc3c2ncn2ccnc32)C(O)C1O. The molecule has 1 saturated heterocycles. The summed E-state index contributed by atoms with van der Waals surface area (Å²) in [5.74, 6) is 0. The molecular formula is C12H13N5O3. The van der Waals surface area contributed by atoms with E-state index in [-0.39, 0.29) is 0 Å². The molecule has 4 unspecified atom stereocenters. The summed E-state index contributed by atoms with van der Waals surface area (Å²) in [5, 5.41) is 19.9. The van der Waals surface area contributed by atoms with E-state index in [0.29, 0.717) is 16.8 Å². The highest BCUT2D eigenvalue weighted by Crippen LogP contribution is 2.31. The summed E-state index contributed by atoms with van der Waals surface area (Å²) >= 11 is 0. The predicted octanol–water partition coefficient (Wildman–Crippen LogP) is -0.282. The fourth-order valence-electron chi connectivity index (χ4n) is 2.59. The predicted molar refractivity (Wildman–Crippen MR) is 67.9 cm³/mol. The number of imidazole rings is 2. The summed E-state index contributed by atoms with van der Waals surface area (Å²) in [6.45, 7) is 1.72. The highest BCUT2D eigenvalue weighted by molar-refractivity contribution is 5.85. The maximum Gasteiger partial charge on any atom is 0.167 e. The Balaban J connectivity index is 1.89. The summed E-state index contributed by atoms with van der Waals surface area (Å²) < 4.78 is 8.98. The van der Waals surface area contributed by atoms with E-state index in [1.165, 1.54) is 0 Å². The average molecular weight is 275 g/mol. The molecule has 8 nitrogen and oxygen atoms in total. The van der Waals surface area contributed by atoms with Crippen molar-refractivity contribution in [2.24, 2.45) is 0 Å². The second kappa shape index (κ2) is 3.98. The second-order valence-corrected chi connectivity index (χ2v) is 4.94. The molecule has 1 aliphatic rings. The number of hydrogen-bond acceptors (Lipinski definition) is 6. The van der Waals surface area contributed by atoms with Crippen molar-refractivity contribution in [2.45, 2.75) is 31.5 Å². The van der Waals surface area contributed by atoms with Crippen LogP contribution in [-0.4, -0.2) is 52.4 Å². The first-order chi connectivity index (χ1) is 9.66. The summed E-state index contributed by atoms with van der Waals surface area (Å²) in [4.78, 5) is 12.8. The van der Waals surface area contributed by atoms with Gasteiger partial charge in [-0.25, -0.2) is 15.0 Å². The van der Waals surface area contributed by atoms with Crippen LogP contribution in [0, 0.1) is 0 Å². The van der Waals surface area contributed by atoms with E-state index in [1.54, 1.807) is 40.9 Å². The van der Waals surface area contributed by atoms with Gasteiger partial charge in [0.2, 0.25) is 0 Å². The topological polar surface area (TPSA) is 97.7 Å². The van der Waals surface area contributed by atoms with Crippen LogP contribution in [0.1, 0.15) is 13.2 Å². The van der Waals surface area contributed by atoms with E-state index in [0.717, 1.165) is 0 Å². The van der Waals surface area contributed by atoms with Crippen LogP contribution in [0.3, 0.4) is 0 Å². The Hall–Kier alpha value is -2.03. The second-order valence-electron chi connectivity index (χ2n) is 4.94. The van der Waals surface area contributed by atoms with Gasteiger partial charge < -0.3 is 14.9 Å². The number of aliphatic hydroxyl groups excluding tert-OH is 2. The van der Waals surface area contributed by atoms with E-state index >= 15 is 0 Å². The van der Waals surface area contributed by atoms with Gasteiger partial charge in [-0.15, -0.1) is 0 Å². The van der Waals surface area contributed by atoms with Crippen LogP contribution in [0.2, 0.25) is 0 Å². The third-order valence-electron chi connectivity index (χ3n) is 3.70. The lowest BCUT2D eigenvalue weighted by molar-refractivity contribution is -0.0299. The highest BCUT2D eigenvalue weighted by atomic mass is 16.6. The Morgan fingerprint density at radius 3 is 2.70 bits per heavy atom. The van der Waals surface area contributed by atoms with Crippen molar-refractivity contribution in [3.8, 4) is 0 Å². The maximum absolute atomic E-state index is 10.1. The Morgan fingerprint density at radius 1 is 1.10 bits per heavy atom. The van der Waals surface area contributed by atoms with Crippen molar-refractivity contribution >= 4 is 16.8 Å². The summed E-state index contributed by atoms with van der Waals surface area (Å²) in [6, 6.07) is 0. The average Bonchev–Trinajstić information content (AvgIpc) is 3.12. The van der Waals surface area contributed by atoms with Crippen LogP contribution in [0.5, 0.6) is 0 Å². The molecule has 4 rings (SSSR count). The Kier molecular flexibility index (Phi) is 2.34. The minimum Gasteiger partial charge on any atom is -0.388 e. The van der Waals surface area contributed by atoms with Crippen molar-refractivity contribution in [1.82, 2.24) is 23.9 Å². The molecule has 3 aromatic rings. The number of aliphatic hydroxyl groups is 2. The van der Waals surface area contributed by atoms with Gasteiger partial charge in [0.1, 0.15) is 18.5 Å². The first-order valence-electron chi connectivity index (χ1n) is 6.32. The zero-order chi connectivity index (χ0) is 13.9. The van der Waals surface area contributed by atoms with Gasteiger partial charge in [0, 0.05) is 12.4 Å². The molecule has 0 saturated carbocycles. The molecule has 0 aliphatic carbocycles. The highest BCUT2D eigenvalue weighted by Gasteiger charge is 2.42. The molecule has 4 heterocycles. The van der Waals surface area contributed by atoms with Gasteiger partial charge in [-0.3, -0.25) is 8.97 Å². The van der Waals surface area contributed by atoms with E-state index in [2.05, 4.69) is 15.0 Å². The minimum atomic E-state index is -1.01. The molecule has 2 N–H and O–H groups in total. The number of nitrogens with zero attached hydrogens (tertiary/aromatic N) is 5. The number of ether oxygens (including phenoxy) is 1. The van der Waals surface area contributed by atoms with E-state index in [9.17, 15) is 10.2 Å². The van der Waals surface area contributed by atoms with Crippen LogP contribution < -0.4 is 0 Å². The molecule has 0 aromatic carbocycles. The van der Waals surface area contributed by atoms with Crippen LogP contribution in [-0.2, 0) is 4.74 Å². The first-order valence-corrected chi connectivity index (χ1v) is 6.32. The quantitative estimate of drug-likeness (QED) is 0.634. The van der Waals surface area contributed by atoms with Crippen LogP contribution in [0.25, 0.3) is 16.8 Å². The molecule has 1 aliphatic heterocycles. The normalized spacial score (nSPS) is 30.6. The lowest BCUT2D eigenvalue weighted by atomic mass is 10.1. The smallest absolute Gasteiger partial charge is 0.167 e. The number of aromatic nitrogens is 5. The third-order valence-corrected chi connectivity index (χ3v) is 3.70. The molecule has 1 fully saturated rings. The van der Waals surface area contributed by atoms with Gasteiger partial charge in [0.25, 0.3) is 0 Å². The van der Waals surface area contributed by atoms with Gasteiger partial charge in [-0.05, 0) is 6.92 Å². The number of hydrogen-bond donors (Lipinski definition) is 2. The zero-order valence-corrected chi connectivity index (χ0v) is 10.7. The standard InChI is InChI=1S/C12H13N5O3/c1-6-8(18)9(19)12(20-6)17-5-14-7-10-13-2-3-16(10)4-15-11(7)17/h2-6,8-9,12,18-19H,1H3. The van der Waals surface area contributed by atoms with Gasteiger partial charge in [-0.2, -0.15) is 0 Å². The summed E-state index contributed by atoms with van der Waals surface area (Å²) in [6.07, 6.45) is 3.55. The molecule has 0 radical (unpaired) electrons. The van der Waals surface area contributed by atoms with Crippen molar-refractivity contribution in [2.75, 3.05) is 0 Å². The lowest BCUT2D eigenvalue weighted by Gasteiger charge is -2.16.